The molecule has 1 aromatic heterocycles. The molecule has 0 saturated carbocycles. The Kier molecular flexibility index (Phi) is 2.86. The number of hydrogen-bond donors (Lipinski definition) is 1. The van der Waals surface area contributed by atoms with Gasteiger partial charge < -0.3 is 10.0 Å². The van der Waals surface area contributed by atoms with Gasteiger partial charge in [0.25, 0.3) is 0 Å². The zero-order valence-electron chi connectivity index (χ0n) is 9.22. The molecule has 0 aromatic carbocycles. The average Bonchev–Trinajstić information content (AvgIpc) is 2.23. The molecule has 1 aliphatic heterocycles. The van der Waals surface area contributed by atoms with Crippen LogP contribution in [0.15, 0.2) is 12.4 Å². The van der Waals surface area contributed by atoms with Gasteiger partial charge in [0.1, 0.15) is 5.82 Å². The van der Waals surface area contributed by atoms with Crippen molar-refractivity contribution in [2.45, 2.75) is 26.4 Å². The molecule has 4 nitrogen and oxygen atoms in total. The quantitative estimate of drug-likeness (QED) is 0.746. The van der Waals surface area contributed by atoms with Crippen LogP contribution in [0.3, 0.4) is 0 Å². The number of aryl methyl sites for hydroxylation is 1. The van der Waals surface area contributed by atoms with Crippen molar-refractivity contribution in [2.75, 3.05) is 18.0 Å². The highest BCUT2D eigenvalue weighted by molar-refractivity contribution is 5.42. The Morgan fingerprint density at radius 1 is 1.40 bits per heavy atom. The molecule has 0 aliphatic carbocycles. The summed E-state index contributed by atoms with van der Waals surface area (Å²) in [7, 11) is 0. The fraction of sp³-hybridized carbons (Fsp3) is 0.636. The SMILES string of the molecule is Cc1nccnc1N1CCC(C)C(O)C1. The maximum Gasteiger partial charge on any atom is 0.150 e. The predicted octanol–water partition coefficient (Wildman–Crippen LogP) is 0.992. The van der Waals surface area contributed by atoms with E-state index in [2.05, 4.69) is 21.8 Å². The second kappa shape index (κ2) is 4.14. The molecule has 1 saturated heterocycles. The molecule has 1 aliphatic rings. The minimum atomic E-state index is -0.250. The first kappa shape index (κ1) is 10.4. The molecule has 0 spiro atoms. The second-order valence-electron chi connectivity index (χ2n) is 4.24. The summed E-state index contributed by atoms with van der Waals surface area (Å²) in [5.74, 6) is 1.29. The molecule has 0 bridgehead atoms. The highest BCUT2D eigenvalue weighted by Crippen LogP contribution is 2.22. The van der Waals surface area contributed by atoms with Gasteiger partial charge in [0, 0.05) is 25.5 Å². The lowest BCUT2D eigenvalue weighted by molar-refractivity contribution is 0.102. The maximum atomic E-state index is 9.81. The highest BCUT2D eigenvalue weighted by atomic mass is 16.3. The lowest BCUT2D eigenvalue weighted by Crippen LogP contribution is -2.43. The van der Waals surface area contributed by atoms with Gasteiger partial charge in [-0.15, -0.1) is 0 Å². The standard InChI is InChI=1S/C11H17N3O/c1-8-3-6-14(7-10(8)15)11-9(2)12-4-5-13-11/h4-5,8,10,15H,3,6-7H2,1-2H3. The van der Waals surface area contributed by atoms with Crippen molar-refractivity contribution in [2.24, 2.45) is 5.92 Å². The first-order chi connectivity index (χ1) is 7.18. The van der Waals surface area contributed by atoms with E-state index in [0.29, 0.717) is 12.5 Å². The van der Waals surface area contributed by atoms with E-state index in [9.17, 15) is 5.11 Å². The van der Waals surface area contributed by atoms with E-state index >= 15 is 0 Å². The van der Waals surface area contributed by atoms with Gasteiger partial charge in [-0.3, -0.25) is 4.98 Å². The second-order valence-corrected chi connectivity index (χ2v) is 4.24. The third kappa shape index (κ3) is 2.09. The van der Waals surface area contributed by atoms with Gasteiger partial charge in [-0.2, -0.15) is 0 Å². The molecule has 1 N–H and O–H groups in total. The third-order valence-corrected chi connectivity index (χ3v) is 3.07. The molecule has 2 heterocycles. The van der Waals surface area contributed by atoms with Crippen molar-refractivity contribution in [1.29, 1.82) is 0 Å². The molecule has 0 radical (unpaired) electrons. The summed E-state index contributed by atoms with van der Waals surface area (Å²) in [4.78, 5) is 10.6. The summed E-state index contributed by atoms with van der Waals surface area (Å²) in [6.45, 7) is 5.66. The number of nitrogens with zero attached hydrogens (tertiary/aromatic N) is 3. The van der Waals surface area contributed by atoms with Crippen molar-refractivity contribution in [3.05, 3.63) is 18.1 Å². The van der Waals surface area contributed by atoms with E-state index in [-0.39, 0.29) is 6.10 Å². The summed E-state index contributed by atoms with van der Waals surface area (Å²) in [5, 5.41) is 9.81. The zero-order valence-corrected chi connectivity index (χ0v) is 9.22. The fourth-order valence-corrected chi connectivity index (χ4v) is 1.95. The number of aliphatic hydroxyl groups excluding tert-OH is 1. The molecule has 82 valence electrons. The van der Waals surface area contributed by atoms with E-state index < -0.39 is 0 Å². The Balaban J connectivity index is 2.15. The van der Waals surface area contributed by atoms with Gasteiger partial charge in [0.2, 0.25) is 0 Å². The normalized spacial score (nSPS) is 26.7. The van der Waals surface area contributed by atoms with E-state index in [1.165, 1.54) is 0 Å². The number of rotatable bonds is 1. The third-order valence-electron chi connectivity index (χ3n) is 3.07. The molecule has 2 atom stereocenters. The molecule has 1 fully saturated rings. The predicted molar refractivity (Wildman–Crippen MR) is 58.8 cm³/mol. The van der Waals surface area contributed by atoms with Crippen molar-refractivity contribution >= 4 is 5.82 Å². The Morgan fingerprint density at radius 3 is 2.80 bits per heavy atom. The number of β-amino-alcohol motifs (C(OH)–C–C–N with tert-alkyl or cyclic N) is 1. The van der Waals surface area contributed by atoms with Crippen molar-refractivity contribution < 1.29 is 5.11 Å². The van der Waals surface area contributed by atoms with Gasteiger partial charge >= 0.3 is 0 Å². The topological polar surface area (TPSA) is 49.2 Å². The van der Waals surface area contributed by atoms with Gasteiger partial charge in [-0.1, -0.05) is 6.92 Å². The largest absolute Gasteiger partial charge is 0.391 e. The Hall–Kier alpha value is -1.16. The number of aliphatic hydroxyl groups is 1. The lowest BCUT2D eigenvalue weighted by Gasteiger charge is -2.35. The van der Waals surface area contributed by atoms with Crippen LogP contribution in [0.2, 0.25) is 0 Å². The first-order valence-corrected chi connectivity index (χ1v) is 5.39. The number of aromatic nitrogens is 2. The molecule has 2 rings (SSSR count). The highest BCUT2D eigenvalue weighted by Gasteiger charge is 2.25. The van der Waals surface area contributed by atoms with Gasteiger partial charge in [-0.05, 0) is 19.3 Å². The fourth-order valence-electron chi connectivity index (χ4n) is 1.95. The molecular formula is C11H17N3O. The summed E-state index contributed by atoms with van der Waals surface area (Å²) >= 11 is 0. The Labute approximate surface area is 90.0 Å². The van der Waals surface area contributed by atoms with E-state index in [0.717, 1.165) is 24.5 Å². The Morgan fingerprint density at radius 2 is 2.13 bits per heavy atom. The van der Waals surface area contributed by atoms with Crippen LogP contribution in [0.5, 0.6) is 0 Å². The number of anilines is 1. The van der Waals surface area contributed by atoms with Crippen LogP contribution < -0.4 is 4.90 Å². The smallest absolute Gasteiger partial charge is 0.150 e. The summed E-state index contributed by atoms with van der Waals surface area (Å²) in [6, 6.07) is 0. The minimum Gasteiger partial charge on any atom is -0.391 e. The molecule has 2 unspecified atom stereocenters. The molecule has 15 heavy (non-hydrogen) atoms. The van der Waals surface area contributed by atoms with Crippen LogP contribution in [-0.4, -0.2) is 34.3 Å². The Bertz CT molecular complexity index is 342. The van der Waals surface area contributed by atoms with Crippen LogP contribution in [0.25, 0.3) is 0 Å². The number of piperidine rings is 1. The monoisotopic (exact) mass is 207 g/mol. The van der Waals surface area contributed by atoms with Gasteiger partial charge in [-0.25, -0.2) is 4.98 Å². The summed E-state index contributed by atoms with van der Waals surface area (Å²) < 4.78 is 0. The minimum absolute atomic E-state index is 0.250. The van der Waals surface area contributed by atoms with Crippen LogP contribution in [0.4, 0.5) is 5.82 Å². The van der Waals surface area contributed by atoms with Crippen LogP contribution in [0.1, 0.15) is 19.0 Å². The van der Waals surface area contributed by atoms with E-state index in [1.54, 1.807) is 12.4 Å². The van der Waals surface area contributed by atoms with E-state index in [4.69, 9.17) is 0 Å². The van der Waals surface area contributed by atoms with Gasteiger partial charge in [0.15, 0.2) is 0 Å². The lowest BCUT2D eigenvalue weighted by atomic mass is 9.96. The molecule has 1 aromatic rings. The molecular weight excluding hydrogens is 190 g/mol. The van der Waals surface area contributed by atoms with Crippen LogP contribution in [0, 0.1) is 12.8 Å². The van der Waals surface area contributed by atoms with Crippen LogP contribution >= 0.6 is 0 Å². The number of hydrogen-bond acceptors (Lipinski definition) is 4. The summed E-state index contributed by atoms with van der Waals surface area (Å²) in [5.41, 5.74) is 0.930. The zero-order chi connectivity index (χ0) is 10.8. The maximum absolute atomic E-state index is 9.81. The van der Waals surface area contributed by atoms with E-state index in [1.807, 2.05) is 6.92 Å². The molecule has 0 amide bonds. The molecule has 4 heteroatoms. The van der Waals surface area contributed by atoms with Crippen molar-refractivity contribution in [3.8, 4) is 0 Å². The first-order valence-electron chi connectivity index (χ1n) is 5.39. The average molecular weight is 207 g/mol. The van der Waals surface area contributed by atoms with Crippen molar-refractivity contribution in [3.63, 3.8) is 0 Å². The summed E-state index contributed by atoms with van der Waals surface area (Å²) in [6.07, 6.45) is 4.16. The van der Waals surface area contributed by atoms with Crippen LogP contribution in [-0.2, 0) is 0 Å². The van der Waals surface area contributed by atoms with Gasteiger partial charge in [0.05, 0.1) is 11.8 Å². The van der Waals surface area contributed by atoms with Crippen molar-refractivity contribution in [1.82, 2.24) is 9.97 Å².